The number of para-hydroxylation sites is 1. The second-order valence-electron chi connectivity index (χ2n) is 3.75. The third-order valence-electron chi connectivity index (χ3n) is 2.58. The van der Waals surface area contributed by atoms with E-state index in [1.165, 1.54) is 17.1 Å². The van der Waals surface area contributed by atoms with Crippen molar-refractivity contribution in [3.05, 3.63) is 36.7 Å². The standard InChI is InChI=1S/C12H9N3O3/c16-10(17)7-15-9-4-2-1-3-8(9)11(14-15)12-13-5-6-18-12/h1-6H,7H2,(H,16,17). The molecule has 2 aromatic heterocycles. The number of hydrogen-bond donors (Lipinski definition) is 1. The van der Waals surface area contributed by atoms with E-state index in [4.69, 9.17) is 9.52 Å². The van der Waals surface area contributed by atoms with Crippen molar-refractivity contribution in [1.82, 2.24) is 14.8 Å². The zero-order chi connectivity index (χ0) is 12.5. The molecule has 0 unspecified atom stereocenters. The molecule has 1 N–H and O–H groups in total. The van der Waals surface area contributed by atoms with Crippen LogP contribution in [0.1, 0.15) is 0 Å². The summed E-state index contributed by atoms with van der Waals surface area (Å²) in [7, 11) is 0. The fourth-order valence-electron chi connectivity index (χ4n) is 1.87. The van der Waals surface area contributed by atoms with Crippen molar-refractivity contribution < 1.29 is 14.3 Å². The summed E-state index contributed by atoms with van der Waals surface area (Å²) in [6, 6.07) is 7.38. The molecule has 0 spiro atoms. The number of hydrogen-bond acceptors (Lipinski definition) is 4. The van der Waals surface area contributed by atoms with Gasteiger partial charge in [-0.2, -0.15) is 5.10 Å². The van der Waals surface area contributed by atoms with Crippen LogP contribution in [-0.2, 0) is 11.3 Å². The minimum atomic E-state index is -0.942. The van der Waals surface area contributed by atoms with Crippen LogP contribution >= 0.6 is 0 Å². The Kier molecular flexibility index (Phi) is 2.33. The highest BCUT2D eigenvalue weighted by Crippen LogP contribution is 2.26. The predicted octanol–water partition coefficient (Wildman–Crippen LogP) is 1.78. The minimum absolute atomic E-state index is 0.193. The fourth-order valence-corrected chi connectivity index (χ4v) is 1.87. The first kappa shape index (κ1) is 10.5. The molecule has 0 fully saturated rings. The third-order valence-corrected chi connectivity index (χ3v) is 2.58. The molecular formula is C12H9N3O3. The zero-order valence-corrected chi connectivity index (χ0v) is 9.28. The Labute approximate surface area is 101 Å². The van der Waals surface area contributed by atoms with Crippen molar-refractivity contribution in [2.24, 2.45) is 0 Å². The van der Waals surface area contributed by atoms with Gasteiger partial charge in [0.25, 0.3) is 0 Å². The van der Waals surface area contributed by atoms with Gasteiger partial charge < -0.3 is 9.52 Å². The second kappa shape index (κ2) is 3.99. The molecule has 6 nitrogen and oxygen atoms in total. The molecule has 90 valence electrons. The topological polar surface area (TPSA) is 81.1 Å². The molecule has 0 aliphatic carbocycles. The Morgan fingerprint density at radius 3 is 2.94 bits per heavy atom. The number of carboxylic acids is 1. The number of nitrogens with zero attached hydrogens (tertiary/aromatic N) is 3. The van der Waals surface area contributed by atoms with Gasteiger partial charge in [0, 0.05) is 5.39 Å². The highest BCUT2D eigenvalue weighted by atomic mass is 16.4. The van der Waals surface area contributed by atoms with Gasteiger partial charge in [-0.05, 0) is 6.07 Å². The molecule has 18 heavy (non-hydrogen) atoms. The molecule has 0 radical (unpaired) electrons. The number of aliphatic carboxylic acids is 1. The normalized spacial score (nSPS) is 10.9. The van der Waals surface area contributed by atoms with Crippen LogP contribution in [0.15, 0.2) is 41.1 Å². The first-order valence-electron chi connectivity index (χ1n) is 5.33. The molecule has 0 aliphatic heterocycles. The van der Waals surface area contributed by atoms with E-state index in [1.54, 1.807) is 0 Å². The van der Waals surface area contributed by atoms with Gasteiger partial charge in [-0.15, -0.1) is 0 Å². The monoisotopic (exact) mass is 243 g/mol. The highest BCUT2D eigenvalue weighted by Gasteiger charge is 2.16. The summed E-state index contributed by atoms with van der Waals surface area (Å²) >= 11 is 0. The van der Waals surface area contributed by atoms with Gasteiger partial charge in [0.2, 0.25) is 5.89 Å². The lowest BCUT2D eigenvalue weighted by atomic mass is 10.2. The Hall–Kier alpha value is -2.63. The van der Waals surface area contributed by atoms with E-state index in [1.807, 2.05) is 24.3 Å². The number of carbonyl (C=O) groups is 1. The predicted molar refractivity (Wildman–Crippen MR) is 62.9 cm³/mol. The third kappa shape index (κ3) is 1.64. The summed E-state index contributed by atoms with van der Waals surface area (Å²) in [5, 5.41) is 13.9. The van der Waals surface area contributed by atoms with Gasteiger partial charge in [0.05, 0.1) is 11.7 Å². The maximum atomic E-state index is 10.8. The lowest BCUT2D eigenvalue weighted by Gasteiger charge is -1.97. The van der Waals surface area contributed by atoms with Crippen LogP contribution in [0, 0.1) is 0 Å². The molecule has 1 aromatic carbocycles. The van der Waals surface area contributed by atoms with Crippen molar-refractivity contribution in [2.45, 2.75) is 6.54 Å². The number of aromatic nitrogens is 3. The van der Waals surface area contributed by atoms with Crippen molar-refractivity contribution >= 4 is 16.9 Å². The summed E-state index contributed by atoms with van der Waals surface area (Å²) in [4.78, 5) is 14.8. The number of rotatable bonds is 3. The molecule has 0 saturated heterocycles. The Bertz CT molecular complexity index is 701. The molecule has 3 rings (SSSR count). The summed E-state index contributed by atoms with van der Waals surface area (Å²) in [6.45, 7) is -0.193. The van der Waals surface area contributed by atoms with Crippen LogP contribution in [0.2, 0.25) is 0 Å². The number of fused-ring (bicyclic) bond motifs is 1. The van der Waals surface area contributed by atoms with E-state index in [0.29, 0.717) is 11.6 Å². The Morgan fingerprint density at radius 1 is 1.39 bits per heavy atom. The first-order chi connectivity index (χ1) is 8.75. The molecule has 6 heteroatoms. The number of benzene rings is 1. The largest absolute Gasteiger partial charge is 0.480 e. The summed E-state index contributed by atoms with van der Waals surface area (Å²) in [6.07, 6.45) is 2.99. The van der Waals surface area contributed by atoms with E-state index in [9.17, 15) is 4.79 Å². The first-order valence-corrected chi connectivity index (χ1v) is 5.33. The van der Waals surface area contributed by atoms with Crippen LogP contribution in [0.4, 0.5) is 0 Å². The van der Waals surface area contributed by atoms with Crippen molar-refractivity contribution in [1.29, 1.82) is 0 Å². The average Bonchev–Trinajstić information content (AvgIpc) is 2.96. The van der Waals surface area contributed by atoms with Gasteiger partial charge in [0.1, 0.15) is 12.8 Å². The summed E-state index contributed by atoms with van der Waals surface area (Å²) < 4.78 is 6.64. The molecular weight excluding hydrogens is 234 g/mol. The van der Waals surface area contributed by atoms with Gasteiger partial charge in [-0.1, -0.05) is 18.2 Å². The summed E-state index contributed by atoms with van der Waals surface area (Å²) in [5.74, 6) is -0.558. The van der Waals surface area contributed by atoms with Gasteiger partial charge in [-0.3, -0.25) is 9.48 Å². The van der Waals surface area contributed by atoms with Crippen LogP contribution in [-0.4, -0.2) is 25.8 Å². The van der Waals surface area contributed by atoms with Gasteiger partial charge in [0.15, 0.2) is 5.69 Å². The smallest absolute Gasteiger partial charge is 0.325 e. The molecule has 0 saturated carbocycles. The number of carboxylic acid groups (broad SMARTS) is 1. The summed E-state index contributed by atoms with van der Waals surface area (Å²) in [5.41, 5.74) is 1.30. The highest BCUT2D eigenvalue weighted by molar-refractivity contribution is 5.91. The number of oxazole rings is 1. The molecule has 2 heterocycles. The fraction of sp³-hybridized carbons (Fsp3) is 0.0833. The Balaban J connectivity index is 2.24. The van der Waals surface area contributed by atoms with Crippen LogP contribution in [0.3, 0.4) is 0 Å². The van der Waals surface area contributed by atoms with E-state index in [-0.39, 0.29) is 6.54 Å². The quantitative estimate of drug-likeness (QED) is 0.758. The van der Waals surface area contributed by atoms with E-state index >= 15 is 0 Å². The van der Waals surface area contributed by atoms with Crippen molar-refractivity contribution in [2.75, 3.05) is 0 Å². The van der Waals surface area contributed by atoms with Crippen LogP contribution in [0.25, 0.3) is 22.5 Å². The van der Waals surface area contributed by atoms with E-state index in [0.717, 1.165) is 10.9 Å². The van der Waals surface area contributed by atoms with Crippen molar-refractivity contribution in [3.63, 3.8) is 0 Å². The second-order valence-corrected chi connectivity index (χ2v) is 3.75. The molecule has 0 amide bonds. The molecule has 3 aromatic rings. The van der Waals surface area contributed by atoms with Gasteiger partial charge in [-0.25, -0.2) is 4.98 Å². The maximum absolute atomic E-state index is 10.8. The molecule has 0 bridgehead atoms. The van der Waals surface area contributed by atoms with Crippen molar-refractivity contribution in [3.8, 4) is 11.6 Å². The zero-order valence-electron chi connectivity index (χ0n) is 9.28. The van der Waals surface area contributed by atoms with Gasteiger partial charge >= 0.3 is 5.97 Å². The maximum Gasteiger partial charge on any atom is 0.325 e. The van der Waals surface area contributed by atoms with Crippen LogP contribution < -0.4 is 0 Å². The average molecular weight is 243 g/mol. The molecule has 0 aliphatic rings. The van der Waals surface area contributed by atoms with E-state index in [2.05, 4.69) is 10.1 Å². The Morgan fingerprint density at radius 2 is 2.22 bits per heavy atom. The lowest BCUT2D eigenvalue weighted by Crippen LogP contribution is -2.09. The van der Waals surface area contributed by atoms with E-state index < -0.39 is 5.97 Å². The lowest BCUT2D eigenvalue weighted by molar-refractivity contribution is -0.137. The van der Waals surface area contributed by atoms with Crippen LogP contribution in [0.5, 0.6) is 0 Å². The SMILES string of the molecule is O=C(O)Cn1nc(-c2ncco2)c2ccccc21. The minimum Gasteiger partial charge on any atom is -0.480 e. The molecule has 0 atom stereocenters.